The molecule has 2 rings (SSSR count). The Morgan fingerprint density at radius 3 is 3.00 bits per heavy atom. The predicted octanol–water partition coefficient (Wildman–Crippen LogP) is 2.19. The van der Waals surface area contributed by atoms with Crippen molar-refractivity contribution in [3.63, 3.8) is 0 Å². The highest BCUT2D eigenvalue weighted by Crippen LogP contribution is 2.24. The number of benzene rings is 1. The fourth-order valence-electron chi connectivity index (χ4n) is 1.66. The molecule has 4 nitrogen and oxygen atoms in total. The van der Waals surface area contributed by atoms with Gasteiger partial charge >= 0.3 is 0 Å². The summed E-state index contributed by atoms with van der Waals surface area (Å²) in [4.78, 5) is 11.8. The number of ether oxygens (including phenoxy) is 1. The molecule has 0 bridgehead atoms. The Morgan fingerprint density at radius 2 is 2.41 bits per heavy atom. The zero-order valence-electron chi connectivity index (χ0n) is 9.07. The Bertz CT molecular complexity index is 476. The lowest BCUT2D eigenvalue weighted by molar-refractivity contribution is -0.119. The molecule has 1 fully saturated rings. The molecule has 0 radical (unpaired) electrons. The van der Waals surface area contributed by atoms with Crippen molar-refractivity contribution in [1.29, 1.82) is 5.26 Å². The standard InChI is InChI=1S/C12H11ClN2O2/c13-10-5-8(6-14)1-2-11(10)15-12(16)9-3-4-17-7-9/h1-2,5,9H,3-4,7H2,(H,15,16). The lowest BCUT2D eigenvalue weighted by Gasteiger charge is -2.10. The minimum atomic E-state index is -0.110. The van der Waals surface area contributed by atoms with E-state index in [0.717, 1.165) is 6.42 Å². The van der Waals surface area contributed by atoms with Gasteiger partial charge in [-0.3, -0.25) is 4.79 Å². The van der Waals surface area contributed by atoms with Crippen LogP contribution in [-0.4, -0.2) is 19.1 Å². The molecular formula is C12H11ClN2O2. The van der Waals surface area contributed by atoms with Crippen molar-refractivity contribution in [2.45, 2.75) is 6.42 Å². The predicted molar refractivity (Wildman–Crippen MR) is 63.7 cm³/mol. The van der Waals surface area contributed by atoms with Gasteiger partial charge in [0.1, 0.15) is 0 Å². The lowest BCUT2D eigenvalue weighted by atomic mass is 10.1. The van der Waals surface area contributed by atoms with Gasteiger partial charge in [-0.1, -0.05) is 11.6 Å². The molecule has 0 aromatic heterocycles. The number of rotatable bonds is 2. The van der Waals surface area contributed by atoms with Crippen LogP contribution in [0.4, 0.5) is 5.69 Å². The molecule has 0 spiro atoms. The van der Waals surface area contributed by atoms with Crippen molar-refractivity contribution in [1.82, 2.24) is 0 Å². The average molecular weight is 251 g/mol. The maximum Gasteiger partial charge on any atom is 0.229 e. The third-order valence-corrected chi connectivity index (χ3v) is 2.97. The number of amides is 1. The summed E-state index contributed by atoms with van der Waals surface area (Å²) in [6, 6.07) is 6.77. The Labute approximate surface area is 104 Å². The van der Waals surface area contributed by atoms with E-state index in [-0.39, 0.29) is 11.8 Å². The van der Waals surface area contributed by atoms with Gasteiger partial charge in [-0.25, -0.2) is 0 Å². The van der Waals surface area contributed by atoms with E-state index in [0.29, 0.717) is 29.5 Å². The van der Waals surface area contributed by atoms with E-state index in [4.69, 9.17) is 21.6 Å². The monoisotopic (exact) mass is 250 g/mol. The average Bonchev–Trinajstić information content (AvgIpc) is 2.85. The van der Waals surface area contributed by atoms with Crippen LogP contribution >= 0.6 is 11.6 Å². The third-order valence-electron chi connectivity index (χ3n) is 2.66. The largest absolute Gasteiger partial charge is 0.381 e. The second-order valence-corrected chi connectivity index (χ2v) is 4.26. The molecule has 1 amide bonds. The van der Waals surface area contributed by atoms with Crippen molar-refractivity contribution >= 4 is 23.2 Å². The molecule has 1 aromatic rings. The molecule has 1 N–H and O–H groups in total. The van der Waals surface area contributed by atoms with Crippen molar-refractivity contribution in [3.05, 3.63) is 28.8 Å². The van der Waals surface area contributed by atoms with Gasteiger partial charge < -0.3 is 10.1 Å². The third kappa shape index (κ3) is 2.76. The molecule has 0 saturated carbocycles. The van der Waals surface area contributed by atoms with Crippen LogP contribution in [0.1, 0.15) is 12.0 Å². The van der Waals surface area contributed by atoms with Gasteiger partial charge in [-0.15, -0.1) is 0 Å². The highest BCUT2D eigenvalue weighted by Gasteiger charge is 2.23. The summed E-state index contributed by atoms with van der Waals surface area (Å²) in [6.45, 7) is 1.08. The summed E-state index contributed by atoms with van der Waals surface area (Å²) in [5.41, 5.74) is 1.000. The molecule has 1 heterocycles. The molecular weight excluding hydrogens is 240 g/mol. The fourth-order valence-corrected chi connectivity index (χ4v) is 1.89. The second-order valence-electron chi connectivity index (χ2n) is 3.86. The topological polar surface area (TPSA) is 62.1 Å². The van der Waals surface area contributed by atoms with E-state index < -0.39 is 0 Å². The quantitative estimate of drug-likeness (QED) is 0.875. The van der Waals surface area contributed by atoms with Crippen LogP contribution in [0.2, 0.25) is 5.02 Å². The molecule has 1 aliphatic rings. The Balaban J connectivity index is 2.08. The van der Waals surface area contributed by atoms with Crippen LogP contribution in [0.3, 0.4) is 0 Å². The summed E-state index contributed by atoms with van der Waals surface area (Å²) >= 11 is 5.96. The molecule has 5 heteroatoms. The lowest BCUT2D eigenvalue weighted by Crippen LogP contribution is -2.22. The van der Waals surface area contributed by atoms with Crippen LogP contribution in [0.15, 0.2) is 18.2 Å². The molecule has 88 valence electrons. The SMILES string of the molecule is N#Cc1ccc(NC(=O)C2CCOC2)c(Cl)c1. The second kappa shape index (κ2) is 5.17. The van der Waals surface area contributed by atoms with Crippen LogP contribution in [0.5, 0.6) is 0 Å². The summed E-state index contributed by atoms with van der Waals surface area (Å²) in [6.07, 6.45) is 0.736. The minimum Gasteiger partial charge on any atom is -0.381 e. The van der Waals surface area contributed by atoms with Gasteiger partial charge in [0.25, 0.3) is 0 Å². The van der Waals surface area contributed by atoms with E-state index in [9.17, 15) is 4.79 Å². The van der Waals surface area contributed by atoms with Crippen LogP contribution in [-0.2, 0) is 9.53 Å². The van der Waals surface area contributed by atoms with Gasteiger partial charge in [0.15, 0.2) is 0 Å². The first-order valence-corrected chi connectivity index (χ1v) is 5.67. The number of nitriles is 1. The maximum atomic E-state index is 11.8. The van der Waals surface area contributed by atoms with Crippen molar-refractivity contribution in [2.75, 3.05) is 18.5 Å². The van der Waals surface area contributed by atoms with Gasteiger partial charge in [0.05, 0.1) is 34.9 Å². The number of anilines is 1. The zero-order valence-corrected chi connectivity index (χ0v) is 9.83. The van der Waals surface area contributed by atoms with Crippen molar-refractivity contribution in [3.8, 4) is 6.07 Å². The van der Waals surface area contributed by atoms with Gasteiger partial charge in [0.2, 0.25) is 5.91 Å². The van der Waals surface area contributed by atoms with Crippen molar-refractivity contribution < 1.29 is 9.53 Å². The number of carbonyl (C=O) groups excluding carboxylic acids is 1. The van der Waals surface area contributed by atoms with Gasteiger partial charge in [-0.2, -0.15) is 5.26 Å². The van der Waals surface area contributed by atoms with Crippen LogP contribution in [0.25, 0.3) is 0 Å². The normalized spacial score (nSPS) is 18.7. The van der Waals surface area contributed by atoms with Crippen LogP contribution < -0.4 is 5.32 Å². The number of nitrogens with zero attached hydrogens (tertiary/aromatic N) is 1. The molecule has 17 heavy (non-hydrogen) atoms. The summed E-state index contributed by atoms with van der Waals surface area (Å²) in [7, 11) is 0. The first-order chi connectivity index (χ1) is 8.20. The highest BCUT2D eigenvalue weighted by molar-refractivity contribution is 6.33. The molecule has 1 aliphatic heterocycles. The molecule has 1 aromatic carbocycles. The van der Waals surface area contributed by atoms with E-state index in [1.807, 2.05) is 6.07 Å². The Hall–Kier alpha value is -1.57. The van der Waals surface area contributed by atoms with Crippen LogP contribution in [0, 0.1) is 17.2 Å². The van der Waals surface area contributed by atoms with E-state index in [2.05, 4.69) is 5.32 Å². The molecule has 0 aliphatic carbocycles. The minimum absolute atomic E-state index is 0.0888. The fraction of sp³-hybridized carbons (Fsp3) is 0.333. The Morgan fingerprint density at radius 1 is 1.59 bits per heavy atom. The first-order valence-electron chi connectivity index (χ1n) is 5.29. The maximum absolute atomic E-state index is 11.8. The van der Waals surface area contributed by atoms with Gasteiger partial charge in [-0.05, 0) is 24.6 Å². The molecule has 1 atom stereocenters. The van der Waals surface area contributed by atoms with E-state index >= 15 is 0 Å². The Kier molecular flexibility index (Phi) is 3.62. The summed E-state index contributed by atoms with van der Waals surface area (Å²) in [5.74, 6) is -0.198. The first kappa shape index (κ1) is 11.9. The number of carbonyl (C=O) groups is 1. The molecule has 1 saturated heterocycles. The summed E-state index contributed by atoms with van der Waals surface area (Å²) < 4.78 is 5.15. The zero-order chi connectivity index (χ0) is 12.3. The van der Waals surface area contributed by atoms with Crippen molar-refractivity contribution in [2.24, 2.45) is 5.92 Å². The highest BCUT2D eigenvalue weighted by atomic mass is 35.5. The molecule has 1 unspecified atom stereocenters. The van der Waals surface area contributed by atoms with E-state index in [1.165, 1.54) is 6.07 Å². The van der Waals surface area contributed by atoms with E-state index in [1.54, 1.807) is 12.1 Å². The number of nitrogens with one attached hydrogen (secondary N) is 1. The number of hydrogen-bond donors (Lipinski definition) is 1. The summed E-state index contributed by atoms with van der Waals surface area (Å²) in [5, 5.41) is 11.8. The number of halogens is 1. The smallest absolute Gasteiger partial charge is 0.229 e. The number of hydrogen-bond acceptors (Lipinski definition) is 3. The van der Waals surface area contributed by atoms with Gasteiger partial charge in [0, 0.05) is 6.61 Å².